The molecule has 0 bridgehead atoms. The van der Waals surface area contributed by atoms with Crippen molar-refractivity contribution < 1.29 is 13.9 Å². The van der Waals surface area contributed by atoms with Crippen LogP contribution in [0, 0.1) is 11.7 Å². The van der Waals surface area contributed by atoms with Gasteiger partial charge in [0.1, 0.15) is 0 Å². The highest BCUT2D eigenvalue weighted by Crippen LogP contribution is 2.38. The van der Waals surface area contributed by atoms with Crippen molar-refractivity contribution in [2.45, 2.75) is 90.4 Å². The van der Waals surface area contributed by atoms with Gasteiger partial charge in [-0.2, -0.15) is 0 Å². The standard InChI is InChI=1S/C28H37FO2/c1-3-5-6-7-8-9-22-10-13-23(14-11-22)24-15-17-25(18-16-24)28(30)31-27-19-12-21(4-2)20-26(27)29/h12,15-20,22-23H,3-11,13-14H2,1-2H3. The molecule has 0 atom stereocenters. The summed E-state index contributed by atoms with van der Waals surface area (Å²) in [4.78, 5) is 12.4. The molecule has 0 saturated heterocycles. The lowest BCUT2D eigenvalue weighted by Crippen LogP contribution is -2.14. The molecule has 1 fully saturated rings. The monoisotopic (exact) mass is 424 g/mol. The molecule has 31 heavy (non-hydrogen) atoms. The normalized spacial score (nSPS) is 18.7. The maximum absolute atomic E-state index is 14.1. The average Bonchev–Trinajstić information content (AvgIpc) is 2.80. The fraction of sp³-hybridized carbons (Fsp3) is 0.536. The molecular weight excluding hydrogens is 387 g/mol. The Morgan fingerprint density at radius 1 is 0.935 bits per heavy atom. The van der Waals surface area contributed by atoms with Crippen molar-refractivity contribution >= 4 is 5.97 Å². The predicted molar refractivity (Wildman–Crippen MR) is 125 cm³/mol. The second kappa shape index (κ2) is 12.0. The van der Waals surface area contributed by atoms with Crippen molar-refractivity contribution in [1.82, 2.24) is 0 Å². The highest BCUT2D eigenvalue weighted by Gasteiger charge is 2.22. The van der Waals surface area contributed by atoms with Crippen LogP contribution >= 0.6 is 0 Å². The zero-order chi connectivity index (χ0) is 22.1. The molecule has 2 nitrogen and oxygen atoms in total. The molecule has 3 rings (SSSR count). The smallest absolute Gasteiger partial charge is 0.343 e. The van der Waals surface area contributed by atoms with Crippen LogP contribution in [0.4, 0.5) is 4.39 Å². The van der Waals surface area contributed by atoms with Gasteiger partial charge in [-0.15, -0.1) is 0 Å². The van der Waals surface area contributed by atoms with E-state index in [1.165, 1.54) is 81.9 Å². The van der Waals surface area contributed by atoms with E-state index in [1.54, 1.807) is 6.07 Å². The Hall–Kier alpha value is -2.16. The molecule has 1 saturated carbocycles. The minimum absolute atomic E-state index is 0.0145. The largest absolute Gasteiger partial charge is 0.420 e. The number of carbonyl (C=O) groups excluding carboxylic acids is 1. The maximum Gasteiger partial charge on any atom is 0.343 e. The van der Waals surface area contributed by atoms with Gasteiger partial charge in [-0.3, -0.25) is 0 Å². The molecule has 0 aliphatic heterocycles. The fourth-order valence-corrected chi connectivity index (χ4v) is 4.72. The first-order valence-corrected chi connectivity index (χ1v) is 12.2. The van der Waals surface area contributed by atoms with Crippen LogP contribution in [0.5, 0.6) is 5.75 Å². The third kappa shape index (κ3) is 6.92. The van der Waals surface area contributed by atoms with Crippen molar-refractivity contribution in [2.75, 3.05) is 0 Å². The van der Waals surface area contributed by atoms with Crippen molar-refractivity contribution in [1.29, 1.82) is 0 Å². The number of benzene rings is 2. The Bertz CT molecular complexity index is 819. The van der Waals surface area contributed by atoms with Crippen LogP contribution in [0.1, 0.15) is 105 Å². The van der Waals surface area contributed by atoms with Gasteiger partial charge in [-0.05, 0) is 79.3 Å². The van der Waals surface area contributed by atoms with Gasteiger partial charge in [0.05, 0.1) is 5.56 Å². The molecule has 0 aromatic heterocycles. The highest BCUT2D eigenvalue weighted by atomic mass is 19.1. The molecular formula is C28H37FO2. The van der Waals surface area contributed by atoms with Gasteiger partial charge in [0, 0.05) is 0 Å². The van der Waals surface area contributed by atoms with Crippen molar-refractivity contribution in [3.63, 3.8) is 0 Å². The Balaban J connectivity index is 1.47. The first kappa shape index (κ1) is 23.5. The fourth-order valence-electron chi connectivity index (χ4n) is 4.72. The van der Waals surface area contributed by atoms with E-state index in [0.29, 0.717) is 11.5 Å². The van der Waals surface area contributed by atoms with Crippen molar-refractivity contribution in [3.8, 4) is 5.75 Å². The van der Waals surface area contributed by atoms with E-state index in [0.717, 1.165) is 17.9 Å². The number of hydrogen-bond acceptors (Lipinski definition) is 2. The zero-order valence-corrected chi connectivity index (χ0v) is 19.2. The van der Waals surface area contributed by atoms with E-state index < -0.39 is 11.8 Å². The second-order valence-electron chi connectivity index (χ2n) is 9.05. The Morgan fingerprint density at radius 2 is 1.65 bits per heavy atom. The molecule has 2 aromatic carbocycles. The van der Waals surface area contributed by atoms with Crippen molar-refractivity contribution in [2.24, 2.45) is 5.92 Å². The Kier molecular flexibility index (Phi) is 9.12. The van der Waals surface area contributed by atoms with Crippen LogP contribution in [-0.4, -0.2) is 5.97 Å². The van der Waals surface area contributed by atoms with E-state index in [1.807, 2.05) is 31.2 Å². The van der Waals surface area contributed by atoms with Crippen LogP contribution < -0.4 is 4.74 Å². The molecule has 1 aliphatic rings. The molecule has 1 aliphatic carbocycles. The number of hydrogen-bond donors (Lipinski definition) is 0. The SMILES string of the molecule is CCCCCCCC1CCC(c2ccc(C(=O)Oc3ccc(CC)cc3F)cc2)CC1. The van der Waals surface area contributed by atoms with Gasteiger partial charge >= 0.3 is 5.97 Å². The van der Waals surface area contributed by atoms with Crippen LogP contribution in [0.25, 0.3) is 0 Å². The quantitative estimate of drug-likeness (QED) is 0.218. The van der Waals surface area contributed by atoms with Crippen LogP contribution in [0.2, 0.25) is 0 Å². The summed E-state index contributed by atoms with van der Waals surface area (Å²) in [6, 6.07) is 12.5. The lowest BCUT2D eigenvalue weighted by Gasteiger charge is -2.29. The zero-order valence-electron chi connectivity index (χ0n) is 19.2. The topological polar surface area (TPSA) is 26.3 Å². The van der Waals surface area contributed by atoms with Crippen molar-refractivity contribution in [3.05, 3.63) is 65.0 Å². The molecule has 0 heterocycles. The third-order valence-corrected chi connectivity index (χ3v) is 6.79. The van der Waals surface area contributed by atoms with Gasteiger partial charge in [0.15, 0.2) is 11.6 Å². The van der Waals surface area contributed by atoms with Gasteiger partial charge < -0.3 is 4.74 Å². The van der Waals surface area contributed by atoms with E-state index in [2.05, 4.69) is 6.92 Å². The van der Waals surface area contributed by atoms with Crippen LogP contribution in [0.3, 0.4) is 0 Å². The number of halogens is 1. The molecule has 3 heteroatoms. The Labute approximate surface area is 187 Å². The van der Waals surface area contributed by atoms with Gasteiger partial charge in [0.25, 0.3) is 0 Å². The molecule has 0 spiro atoms. The molecule has 0 unspecified atom stereocenters. The number of aryl methyl sites for hydroxylation is 1. The summed E-state index contributed by atoms with van der Waals surface area (Å²) < 4.78 is 19.4. The molecule has 0 radical (unpaired) electrons. The minimum Gasteiger partial charge on any atom is -0.420 e. The lowest BCUT2D eigenvalue weighted by molar-refractivity contribution is 0.0727. The minimum atomic E-state index is -0.513. The first-order chi connectivity index (χ1) is 15.1. The summed E-state index contributed by atoms with van der Waals surface area (Å²) in [5, 5.41) is 0. The molecule has 168 valence electrons. The number of ether oxygens (including phenoxy) is 1. The van der Waals surface area contributed by atoms with E-state index in [-0.39, 0.29) is 5.75 Å². The van der Waals surface area contributed by atoms with Crippen LogP contribution in [0.15, 0.2) is 42.5 Å². The average molecular weight is 425 g/mol. The van der Waals surface area contributed by atoms with E-state index in [9.17, 15) is 9.18 Å². The summed E-state index contributed by atoms with van der Waals surface area (Å²) in [6.07, 6.45) is 14.1. The summed E-state index contributed by atoms with van der Waals surface area (Å²) in [7, 11) is 0. The maximum atomic E-state index is 14.1. The Morgan fingerprint density at radius 3 is 2.29 bits per heavy atom. The lowest BCUT2D eigenvalue weighted by atomic mass is 9.77. The van der Waals surface area contributed by atoms with E-state index >= 15 is 0 Å². The number of rotatable bonds is 10. The number of carbonyl (C=O) groups is 1. The third-order valence-electron chi connectivity index (χ3n) is 6.79. The molecule has 2 aromatic rings. The summed E-state index contributed by atoms with van der Waals surface area (Å²) in [6.45, 7) is 4.23. The van der Waals surface area contributed by atoms with Crippen LogP contribution in [-0.2, 0) is 6.42 Å². The van der Waals surface area contributed by atoms with Gasteiger partial charge in [-0.1, -0.05) is 70.6 Å². The first-order valence-electron chi connectivity index (χ1n) is 12.2. The molecule has 0 N–H and O–H groups in total. The summed E-state index contributed by atoms with van der Waals surface area (Å²) >= 11 is 0. The number of esters is 1. The summed E-state index contributed by atoms with van der Waals surface area (Å²) in [5.74, 6) is 0.453. The van der Waals surface area contributed by atoms with Gasteiger partial charge in [-0.25, -0.2) is 9.18 Å². The highest BCUT2D eigenvalue weighted by molar-refractivity contribution is 5.91. The molecule has 0 amide bonds. The number of unbranched alkanes of at least 4 members (excludes halogenated alkanes) is 4. The van der Waals surface area contributed by atoms with E-state index in [4.69, 9.17) is 4.74 Å². The second-order valence-corrected chi connectivity index (χ2v) is 9.05. The van der Waals surface area contributed by atoms with Gasteiger partial charge in [0.2, 0.25) is 0 Å². The summed E-state index contributed by atoms with van der Waals surface area (Å²) in [5.41, 5.74) is 2.65. The predicted octanol–water partition coefficient (Wildman–Crippen LogP) is 8.24.